The smallest absolute Gasteiger partial charge is 0.193 e. The number of aliphatic imine (C=N–C) groups is 1. The average molecular weight is 334 g/mol. The second kappa shape index (κ2) is 7.04. The van der Waals surface area contributed by atoms with Crippen molar-refractivity contribution >= 4 is 17.7 Å². The fraction of sp³-hybridized carbons (Fsp3) is 0.611. The Labute approximate surface area is 143 Å². The van der Waals surface area contributed by atoms with Crippen molar-refractivity contribution < 1.29 is 4.74 Å². The highest BCUT2D eigenvalue weighted by molar-refractivity contribution is 8.00. The van der Waals surface area contributed by atoms with Gasteiger partial charge in [0.2, 0.25) is 0 Å². The number of benzene rings is 1. The molecule has 126 valence electrons. The zero-order valence-corrected chi connectivity index (χ0v) is 15.2. The fourth-order valence-corrected chi connectivity index (χ4v) is 4.35. The summed E-state index contributed by atoms with van der Waals surface area (Å²) in [5.74, 6) is 3.26. The van der Waals surface area contributed by atoms with Crippen LogP contribution < -0.4 is 10.1 Å². The average Bonchev–Trinajstić information content (AvgIpc) is 2.98. The molecule has 2 aliphatic heterocycles. The van der Waals surface area contributed by atoms with E-state index in [2.05, 4.69) is 47.3 Å². The van der Waals surface area contributed by atoms with E-state index in [1.807, 2.05) is 18.8 Å². The Morgan fingerprint density at radius 3 is 3.09 bits per heavy atom. The second-order valence-electron chi connectivity index (χ2n) is 6.79. The molecule has 4 nitrogen and oxygen atoms in total. The van der Waals surface area contributed by atoms with Crippen LogP contribution >= 0.6 is 11.8 Å². The van der Waals surface area contributed by atoms with Crippen LogP contribution in [0.2, 0.25) is 0 Å². The minimum Gasteiger partial charge on any atom is -0.493 e. The topological polar surface area (TPSA) is 36.9 Å². The summed E-state index contributed by atoms with van der Waals surface area (Å²) in [4.78, 5) is 6.85. The van der Waals surface area contributed by atoms with Gasteiger partial charge in [0.25, 0.3) is 0 Å². The largest absolute Gasteiger partial charge is 0.493 e. The number of thioether (sulfide) groups is 1. The van der Waals surface area contributed by atoms with Crippen LogP contribution in [-0.2, 0) is 12.8 Å². The molecule has 2 aliphatic rings. The minimum absolute atomic E-state index is 0.301. The molecule has 1 saturated heterocycles. The first-order valence-corrected chi connectivity index (χ1v) is 9.40. The van der Waals surface area contributed by atoms with Crippen molar-refractivity contribution in [3.8, 4) is 5.75 Å². The van der Waals surface area contributed by atoms with Crippen molar-refractivity contribution in [2.24, 2.45) is 4.99 Å². The van der Waals surface area contributed by atoms with E-state index in [1.165, 1.54) is 16.9 Å². The molecule has 1 fully saturated rings. The molecule has 0 aliphatic carbocycles. The van der Waals surface area contributed by atoms with Gasteiger partial charge in [0, 0.05) is 43.6 Å². The highest BCUT2D eigenvalue weighted by Gasteiger charge is 2.28. The highest BCUT2D eigenvalue weighted by Crippen LogP contribution is 2.29. The highest BCUT2D eigenvalue weighted by atomic mass is 32.2. The summed E-state index contributed by atoms with van der Waals surface area (Å²) < 4.78 is 5.87. The van der Waals surface area contributed by atoms with E-state index in [0.29, 0.717) is 4.75 Å². The van der Waals surface area contributed by atoms with Crippen LogP contribution in [0.3, 0.4) is 0 Å². The van der Waals surface area contributed by atoms with Crippen molar-refractivity contribution in [1.29, 1.82) is 0 Å². The summed E-state index contributed by atoms with van der Waals surface area (Å²) in [6.07, 6.45) is 2.05. The Balaban J connectivity index is 1.52. The minimum atomic E-state index is 0.301. The third-order valence-electron chi connectivity index (χ3n) is 4.39. The maximum Gasteiger partial charge on any atom is 0.193 e. The SMILES string of the molecule is CN=C(NCCc1ccc2c(c1)CCO2)N1CCSC(C)(C)C1. The molecule has 1 N–H and O–H groups in total. The first-order valence-electron chi connectivity index (χ1n) is 8.41. The van der Waals surface area contributed by atoms with Crippen LogP contribution in [0, 0.1) is 0 Å². The maximum atomic E-state index is 5.57. The number of nitrogens with zero attached hydrogens (tertiary/aromatic N) is 2. The number of ether oxygens (including phenoxy) is 1. The van der Waals surface area contributed by atoms with Crippen molar-refractivity contribution in [2.45, 2.75) is 31.4 Å². The van der Waals surface area contributed by atoms with Crippen molar-refractivity contribution in [3.05, 3.63) is 29.3 Å². The lowest BCUT2D eigenvalue weighted by molar-refractivity contribution is 0.357. The summed E-state index contributed by atoms with van der Waals surface area (Å²) in [6, 6.07) is 6.57. The Morgan fingerprint density at radius 2 is 2.30 bits per heavy atom. The molecule has 0 saturated carbocycles. The summed E-state index contributed by atoms with van der Waals surface area (Å²) >= 11 is 2.05. The molecule has 0 radical (unpaired) electrons. The number of fused-ring (bicyclic) bond motifs is 1. The third-order valence-corrected chi connectivity index (χ3v) is 5.68. The van der Waals surface area contributed by atoms with Gasteiger partial charge in [-0.15, -0.1) is 0 Å². The summed E-state index contributed by atoms with van der Waals surface area (Å²) in [6.45, 7) is 8.48. The Bertz CT molecular complexity index is 586. The molecule has 5 heteroatoms. The monoisotopic (exact) mass is 333 g/mol. The van der Waals surface area contributed by atoms with E-state index in [-0.39, 0.29) is 0 Å². The van der Waals surface area contributed by atoms with Crippen LogP contribution in [0.5, 0.6) is 5.75 Å². The molecule has 3 rings (SSSR count). The summed E-state index contributed by atoms with van der Waals surface area (Å²) in [5, 5.41) is 3.53. The number of hydrogen-bond donors (Lipinski definition) is 1. The van der Waals surface area contributed by atoms with Gasteiger partial charge >= 0.3 is 0 Å². The van der Waals surface area contributed by atoms with E-state index in [9.17, 15) is 0 Å². The van der Waals surface area contributed by atoms with Crippen LogP contribution in [0.15, 0.2) is 23.2 Å². The Hall–Kier alpha value is -1.36. The second-order valence-corrected chi connectivity index (χ2v) is 8.60. The van der Waals surface area contributed by atoms with E-state index in [1.54, 1.807) is 0 Å². The summed E-state index contributed by atoms with van der Waals surface area (Å²) in [7, 11) is 1.88. The van der Waals surface area contributed by atoms with Gasteiger partial charge in [-0.25, -0.2) is 0 Å². The van der Waals surface area contributed by atoms with Gasteiger partial charge in [-0.05, 0) is 37.5 Å². The first-order chi connectivity index (χ1) is 11.1. The predicted molar refractivity (Wildman–Crippen MR) is 98.8 cm³/mol. The normalized spacial score (nSPS) is 20.1. The van der Waals surface area contributed by atoms with Crippen molar-refractivity contribution in [1.82, 2.24) is 10.2 Å². The van der Waals surface area contributed by atoms with Crippen LogP contribution in [-0.4, -0.2) is 54.6 Å². The molecule has 2 heterocycles. The molecule has 1 aromatic carbocycles. The van der Waals surface area contributed by atoms with Gasteiger partial charge in [0.15, 0.2) is 5.96 Å². The quantitative estimate of drug-likeness (QED) is 0.681. The molecule has 0 unspecified atom stereocenters. The maximum absolute atomic E-state index is 5.57. The molecule has 0 bridgehead atoms. The number of rotatable bonds is 3. The zero-order chi connectivity index (χ0) is 16.3. The molecule has 0 aromatic heterocycles. The number of guanidine groups is 1. The van der Waals surface area contributed by atoms with Crippen molar-refractivity contribution in [2.75, 3.05) is 39.0 Å². The van der Waals surface area contributed by atoms with Gasteiger partial charge in [-0.3, -0.25) is 4.99 Å². The van der Waals surface area contributed by atoms with E-state index < -0.39 is 0 Å². The van der Waals surface area contributed by atoms with Gasteiger partial charge in [-0.1, -0.05) is 12.1 Å². The van der Waals surface area contributed by atoms with E-state index in [4.69, 9.17) is 4.74 Å². The number of hydrogen-bond acceptors (Lipinski definition) is 3. The lowest BCUT2D eigenvalue weighted by Gasteiger charge is -2.39. The van der Waals surface area contributed by atoms with E-state index in [0.717, 1.165) is 50.8 Å². The summed E-state index contributed by atoms with van der Waals surface area (Å²) in [5.41, 5.74) is 2.72. The van der Waals surface area contributed by atoms with Gasteiger partial charge < -0.3 is 15.0 Å². The molecular weight excluding hydrogens is 306 g/mol. The third kappa shape index (κ3) is 4.14. The van der Waals surface area contributed by atoms with Crippen LogP contribution in [0.25, 0.3) is 0 Å². The van der Waals surface area contributed by atoms with Gasteiger partial charge in [0.1, 0.15) is 5.75 Å². The van der Waals surface area contributed by atoms with Crippen LogP contribution in [0.1, 0.15) is 25.0 Å². The zero-order valence-electron chi connectivity index (χ0n) is 14.4. The first kappa shape index (κ1) is 16.5. The number of nitrogens with one attached hydrogen (secondary N) is 1. The molecule has 1 aromatic rings. The Kier molecular flexibility index (Phi) is 5.05. The molecular formula is C18H27N3OS. The molecule has 0 atom stereocenters. The molecule has 0 spiro atoms. The van der Waals surface area contributed by atoms with Crippen LogP contribution in [0.4, 0.5) is 0 Å². The van der Waals surface area contributed by atoms with Crippen molar-refractivity contribution in [3.63, 3.8) is 0 Å². The van der Waals surface area contributed by atoms with Gasteiger partial charge in [-0.2, -0.15) is 11.8 Å². The standard InChI is InChI=1S/C18H27N3OS/c1-18(2)13-21(9-11-23-18)17(19-3)20-8-6-14-4-5-16-15(12-14)7-10-22-16/h4-5,12H,6-11,13H2,1-3H3,(H,19,20). The Morgan fingerprint density at radius 1 is 1.43 bits per heavy atom. The van der Waals surface area contributed by atoms with Gasteiger partial charge in [0.05, 0.1) is 6.61 Å². The molecule has 23 heavy (non-hydrogen) atoms. The molecule has 0 amide bonds. The fourth-order valence-electron chi connectivity index (χ4n) is 3.24. The lowest BCUT2D eigenvalue weighted by Crippen LogP contribution is -2.51. The predicted octanol–water partition coefficient (Wildman–Crippen LogP) is 2.57. The van der Waals surface area contributed by atoms with E-state index >= 15 is 0 Å². The lowest BCUT2D eigenvalue weighted by atomic mass is 10.1.